The van der Waals surface area contributed by atoms with Gasteiger partial charge in [0.1, 0.15) is 0 Å². The largest absolute Gasteiger partial charge is 0.331 e. The molecule has 0 heterocycles. The number of nitrogens with one attached hydrogen (secondary N) is 1. The highest BCUT2D eigenvalue weighted by atomic mass is 32.9. The molecule has 0 amide bonds. The first-order valence-electron chi connectivity index (χ1n) is 3.77. The highest BCUT2D eigenvalue weighted by Gasteiger charge is 2.12. The topological polar surface area (TPSA) is 21.3 Å². The van der Waals surface area contributed by atoms with Crippen molar-refractivity contribution in [2.45, 2.75) is 33.2 Å². The molecule has 2 atom stereocenters. The molecule has 1 unspecified atom stereocenters. The molecule has 0 saturated carbocycles. The SMILES string of the molecule is CCOP(=S)(S)N[C@@H](C)CC. The standard InChI is InChI=1S/C6H16NOPS2/c1-4-6(3)7-9(10,11)8-5-2/h6H,4-5H2,1-3H3,(H2,7,10,11)/t6-/m0/s1. The second-order valence-corrected chi connectivity index (χ2v) is 7.98. The van der Waals surface area contributed by atoms with Crippen molar-refractivity contribution >= 4 is 29.7 Å². The number of rotatable bonds is 5. The van der Waals surface area contributed by atoms with Crippen molar-refractivity contribution in [3.8, 4) is 0 Å². The zero-order valence-electron chi connectivity index (χ0n) is 7.20. The summed E-state index contributed by atoms with van der Waals surface area (Å²) in [5.74, 6) is 0. The van der Waals surface area contributed by atoms with E-state index in [1.54, 1.807) is 0 Å². The predicted octanol–water partition coefficient (Wildman–Crippen LogP) is 2.57. The zero-order valence-corrected chi connectivity index (χ0v) is 9.81. The summed E-state index contributed by atoms with van der Waals surface area (Å²) in [5.41, 5.74) is -1.99. The van der Waals surface area contributed by atoms with E-state index < -0.39 is 5.62 Å². The minimum absolute atomic E-state index is 0.393. The van der Waals surface area contributed by atoms with Crippen molar-refractivity contribution < 1.29 is 4.52 Å². The Balaban J connectivity index is 3.81. The Kier molecular flexibility index (Phi) is 6.01. The van der Waals surface area contributed by atoms with Crippen LogP contribution in [0.3, 0.4) is 0 Å². The Bertz CT molecular complexity index is 154. The summed E-state index contributed by atoms with van der Waals surface area (Å²) in [6.45, 7) is 6.74. The van der Waals surface area contributed by atoms with Crippen molar-refractivity contribution in [3.63, 3.8) is 0 Å². The molecule has 0 aromatic carbocycles. The lowest BCUT2D eigenvalue weighted by molar-refractivity contribution is 0.375. The fourth-order valence-electron chi connectivity index (χ4n) is 0.582. The molecule has 0 aliphatic carbocycles. The van der Waals surface area contributed by atoms with Gasteiger partial charge in [-0.3, -0.25) is 5.09 Å². The van der Waals surface area contributed by atoms with Crippen molar-refractivity contribution in [1.82, 2.24) is 5.09 Å². The van der Waals surface area contributed by atoms with Gasteiger partial charge in [0.05, 0.1) is 6.61 Å². The van der Waals surface area contributed by atoms with E-state index in [4.69, 9.17) is 16.3 Å². The van der Waals surface area contributed by atoms with Crippen LogP contribution in [0.15, 0.2) is 0 Å². The van der Waals surface area contributed by atoms with Gasteiger partial charge >= 0.3 is 0 Å². The number of hydrogen-bond donors (Lipinski definition) is 2. The van der Waals surface area contributed by atoms with Crippen molar-refractivity contribution in [1.29, 1.82) is 0 Å². The van der Waals surface area contributed by atoms with Crippen LogP contribution >= 0.6 is 17.9 Å². The summed E-state index contributed by atoms with van der Waals surface area (Å²) < 4.78 is 5.28. The second kappa shape index (κ2) is 5.55. The Morgan fingerprint density at radius 1 is 1.64 bits per heavy atom. The van der Waals surface area contributed by atoms with Gasteiger partial charge < -0.3 is 4.52 Å². The minimum atomic E-state index is -1.99. The lowest BCUT2D eigenvalue weighted by atomic mass is 10.3. The van der Waals surface area contributed by atoms with E-state index in [1.165, 1.54) is 0 Å². The molecule has 2 nitrogen and oxygen atoms in total. The fraction of sp³-hybridized carbons (Fsp3) is 1.00. The first-order valence-corrected chi connectivity index (χ1v) is 7.64. The molecule has 0 bridgehead atoms. The van der Waals surface area contributed by atoms with Crippen molar-refractivity contribution in [3.05, 3.63) is 0 Å². The van der Waals surface area contributed by atoms with E-state index in [1.807, 2.05) is 6.92 Å². The third-order valence-corrected chi connectivity index (χ3v) is 4.00. The first kappa shape index (κ1) is 11.9. The quantitative estimate of drug-likeness (QED) is 0.541. The van der Waals surface area contributed by atoms with E-state index in [-0.39, 0.29) is 0 Å². The monoisotopic (exact) mass is 213 g/mol. The van der Waals surface area contributed by atoms with E-state index in [0.29, 0.717) is 12.6 Å². The molecule has 0 aliphatic heterocycles. The highest BCUT2D eigenvalue weighted by molar-refractivity contribution is 8.61. The first-order chi connectivity index (χ1) is 5.02. The van der Waals surface area contributed by atoms with Crippen LogP contribution in [0.5, 0.6) is 0 Å². The Hall–Kier alpha value is 0.920. The Morgan fingerprint density at radius 3 is 2.55 bits per heavy atom. The average molecular weight is 213 g/mol. The van der Waals surface area contributed by atoms with Gasteiger partial charge in [0.2, 0.25) is 0 Å². The van der Waals surface area contributed by atoms with Crippen LogP contribution in [-0.4, -0.2) is 12.6 Å². The van der Waals surface area contributed by atoms with Crippen molar-refractivity contribution in [2.24, 2.45) is 0 Å². The van der Waals surface area contributed by atoms with Gasteiger partial charge in [-0.05, 0) is 32.1 Å². The van der Waals surface area contributed by atoms with Gasteiger partial charge in [0, 0.05) is 6.04 Å². The smallest absolute Gasteiger partial charge is 0.183 e. The van der Waals surface area contributed by atoms with E-state index in [2.05, 4.69) is 31.2 Å². The molecular weight excluding hydrogens is 197 g/mol. The lowest BCUT2D eigenvalue weighted by Gasteiger charge is -2.20. The Labute approximate surface area is 79.4 Å². The van der Waals surface area contributed by atoms with E-state index >= 15 is 0 Å². The highest BCUT2D eigenvalue weighted by Crippen LogP contribution is 2.48. The molecule has 5 heteroatoms. The molecular formula is C6H16NOPS2. The minimum Gasteiger partial charge on any atom is -0.331 e. The van der Waals surface area contributed by atoms with Crippen LogP contribution < -0.4 is 5.09 Å². The third-order valence-electron chi connectivity index (χ3n) is 1.30. The van der Waals surface area contributed by atoms with Gasteiger partial charge in [-0.25, -0.2) is 0 Å². The second-order valence-electron chi connectivity index (χ2n) is 2.38. The van der Waals surface area contributed by atoms with Gasteiger partial charge in [0.25, 0.3) is 0 Å². The normalized spacial score (nSPS) is 19.3. The van der Waals surface area contributed by atoms with E-state index in [0.717, 1.165) is 6.42 Å². The maximum absolute atomic E-state index is 5.28. The zero-order chi connectivity index (χ0) is 8.91. The summed E-state index contributed by atoms with van der Waals surface area (Å²) in [5, 5.41) is 3.17. The molecule has 11 heavy (non-hydrogen) atoms. The van der Waals surface area contributed by atoms with Crippen molar-refractivity contribution in [2.75, 3.05) is 6.61 Å². The summed E-state index contributed by atoms with van der Waals surface area (Å²) in [7, 11) is 0. The fourth-order valence-corrected chi connectivity index (χ4v) is 3.54. The maximum Gasteiger partial charge on any atom is 0.183 e. The lowest BCUT2D eigenvalue weighted by Crippen LogP contribution is -2.20. The predicted molar refractivity (Wildman–Crippen MR) is 57.8 cm³/mol. The molecule has 0 aromatic heterocycles. The number of thiol groups is 1. The molecule has 1 N–H and O–H groups in total. The van der Waals surface area contributed by atoms with Gasteiger partial charge in [0.15, 0.2) is 5.62 Å². The van der Waals surface area contributed by atoms with Crippen LogP contribution in [0, 0.1) is 0 Å². The summed E-state index contributed by atoms with van der Waals surface area (Å²) in [4.78, 5) is 0. The molecule has 0 aromatic rings. The maximum atomic E-state index is 5.28. The molecule has 0 fully saturated rings. The van der Waals surface area contributed by atoms with Crippen LogP contribution in [0.4, 0.5) is 0 Å². The molecule has 0 aliphatic rings. The van der Waals surface area contributed by atoms with Gasteiger partial charge in [-0.2, -0.15) is 0 Å². The molecule has 0 spiro atoms. The summed E-state index contributed by atoms with van der Waals surface area (Å²) >= 11 is 9.38. The van der Waals surface area contributed by atoms with Crippen LogP contribution in [-0.2, 0) is 16.3 Å². The van der Waals surface area contributed by atoms with Gasteiger partial charge in [-0.1, -0.05) is 6.92 Å². The van der Waals surface area contributed by atoms with Crippen LogP contribution in [0.25, 0.3) is 0 Å². The molecule has 68 valence electrons. The van der Waals surface area contributed by atoms with Crippen LogP contribution in [0.1, 0.15) is 27.2 Å². The molecule has 0 saturated heterocycles. The third kappa shape index (κ3) is 6.12. The number of hydrogen-bond acceptors (Lipinski definition) is 2. The van der Waals surface area contributed by atoms with E-state index in [9.17, 15) is 0 Å². The molecule has 0 radical (unpaired) electrons. The average Bonchev–Trinajstić information content (AvgIpc) is 1.86. The summed E-state index contributed by atoms with van der Waals surface area (Å²) in [6.07, 6.45) is 1.05. The van der Waals surface area contributed by atoms with Gasteiger partial charge in [-0.15, -0.1) is 12.2 Å². The Morgan fingerprint density at radius 2 is 2.18 bits per heavy atom. The molecule has 0 rings (SSSR count). The van der Waals surface area contributed by atoms with Crippen LogP contribution in [0.2, 0.25) is 0 Å². The summed E-state index contributed by atoms with van der Waals surface area (Å²) in [6, 6.07) is 0.393.